The van der Waals surface area contributed by atoms with E-state index in [1.54, 1.807) is 29.8 Å². The third kappa shape index (κ3) is 2.30. The minimum absolute atomic E-state index is 0.225. The number of hydrogen-bond donors (Lipinski definition) is 1. The summed E-state index contributed by atoms with van der Waals surface area (Å²) in [5.74, 6) is -0.203. The number of carboxylic acid groups (broad SMARTS) is 1. The highest BCUT2D eigenvalue weighted by atomic mass is 16.5. The molecule has 1 N–H and O–H groups in total. The van der Waals surface area contributed by atoms with Gasteiger partial charge in [-0.25, -0.2) is 9.78 Å². The van der Waals surface area contributed by atoms with Crippen molar-refractivity contribution < 1.29 is 14.6 Å². The predicted molar refractivity (Wildman–Crippen MR) is 83.6 cm³/mol. The van der Waals surface area contributed by atoms with E-state index in [2.05, 4.69) is 4.98 Å². The van der Waals surface area contributed by atoms with Crippen molar-refractivity contribution in [2.24, 2.45) is 0 Å². The Bertz CT molecular complexity index is 881. The van der Waals surface area contributed by atoms with Crippen LogP contribution < -0.4 is 4.74 Å². The second-order valence-corrected chi connectivity index (χ2v) is 5.25. The van der Waals surface area contributed by atoms with Gasteiger partial charge in [-0.05, 0) is 49.2 Å². The fourth-order valence-corrected chi connectivity index (χ4v) is 2.41. The SMILES string of the molecule is COc1cc(C)c(C)cc1-c1cn2cc(C(=O)O)ccc2n1. The van der Waals surface area contributed by atoms with Gasteiger partial charge in [-0.15, -0.1) is 0 Å². The summed E-state index contributed by atoms with van der Waals surface area (Å²) < 4.78 is 7.17. The number of aryl methyl sites for hydroxylation is 2. The smallest absolute Gasteiger partial charge is 0.337 e. The molecule has 0 aliphatic carbocycles. The van der Waals surface area contributed by atoms with E-state index in [9.17, 15) is 4.79 Å². The first kappa shape index (κ1) is 14.1. The summed E-state index contributed by atoms with van der Waals surface area (Å²) >= 11 is 0. The maximum absolute atomic E-state index is 11.1. The van der Waals surface area contributed by atoms with E-state index in [-0.39, 0.29) is 5.56 Å². The van der Waals surface area contributed by atoms with Gasteiger partial charge in [0.2, 0.25) is 0 Å². The topological polar surface area (TPSA) is 63.8 Å². The number of carboxylic acids is 1. The van der Waals surface area contributed by atoms with Gasteiger partial charge in [0.25, 0.3) is 0 Å². The summed E-state index contributed by atoms with van der Waals surface area (Å²) in [5.41, 5.74) is 4.87. The summed E-state index contributed by atoms with van der Waals surface area (Å²) in [6.07, 6.45) is 3.37. The number of pyridine rings is 1. The molecule has 112 valence electrons. The molecule has 0 atom stereocenters. The van der Waals surface area contributed by atoms with E-state index in [0.29, 0.717) is 5.65 Å². The van der Waals surface area contributed by atoms with Crippen molar-refractivity contribution in [1.29, 1.82) is 0 Å². The summed E-state index contributed by atoms with van der Waals surface area (Å²) in [5, 5.41) is 9.06. The van der Waals surface area contributed by atoms with Gasteiger partial charge in [-0.3, -0.25) is 0 Å². The quantitative estimate of drug-likeness (QED) is 0.805. The number of imidazole rings is 1. The molecule has 0 bridgehead atoms. The van der Waals surface area contributed by atoms with Crippen molar-refractivity contribution in [2.75, 3.05) is 7.11 Å². The summed E-state index contributed by atoms with van der Waals surface area (Å²) in [6.45, 7) is 4.07. The van der Waals surface area contributed by atoms with Gasteiger partial charge in [0.1, 0.15) is 11.4 Å². The molecule has 3 aromatic rings. The van der Waals surface area contributed by atoms with Crippen LogP contribution in [0.3, 0.4) is 0 Å². The minimum atomic E-state index is -0.957. The maximum Gasteiger partial charge on any atom is 0.337 e. The summed E-state index contributed by atoms with van der Waals surface area (Å²) in [7, 11) is 1.63. The van der Waals surface area contributed by atoms with E-state index >= 15 is 0 Å². The zero-order valence-corrected chi connectivity index (χ0v) is 12.6. The number of carbonyl (C=O) groups is 1. The van der Waals surface area contributed by atoms with Gasteiger partial charge >= 0.3 is 5.97 Å². The molecule has 0 aliphatic rings. The van der Waals surface area contributed by atoms with Crippen molar-refractivity contribution in [3.05, 3.63) is 53.3 Å². The fraction of sp³-hybridized carbons (Fsp3) is 0.176. The van der Waals surface area contributed by atoms with Crippen LogP contribution in [-0.4, -0.2) is 27.6 Å². The lowest BCUT2D eigenvalue weighted by atomic mass is 10.0. The highest BCUT2D eigenvalue weighted by Crippen LogP contribution is 2.32. The lowest BCUT2D eigenvalue weighted by molar-refractivity contribution is 0.0696. The standard InChI is InChI=1S/C17H16N2O3/c1-10-6-13(15(22-3)7-11(10)2)14-9-19-8-12(17(20)21)4-5-16(19)18-14/h4-9H,1-3H3,(H,20,21). The Hall–Kier alpha value is -2.82. The zero-order valence-electron chi connectivity index (χ0n) is 12.6. The Morgan fingerprint density at radius 3 is 2.59 bits per heavy atom. The van der Waals surface area contributed by atoms with Crippen LogP contribution in [0.5, 0.6) is 5.75 Å². The highest BCUT2D eigenvalue weighted by Gasteiger charge is 2.13. The Balaban J connectivity index is 2.18. The largest absolute Gasteiger partial charge is 0.496 e. The minimum Gasteiger partial charge on any atom is -0.496 e. The van der Waals surface area contributed by atoms with Crippen molar-refractivity contribution >= 4 is 11.6 Å². The lowest BCUT2D eigenvalue weighted by Crippen LogP contribution is -1.97. The molecule has 0 spiro atoms. The van der Waals surface area contributed by atoms with Crippen LogP contribution in [-0.2, 0) is 0 Å². The van der Waals surface area contributed by atoms with Crippen LogP contribution in [0, 0.1) is 13.8 Å². The van der Waals surface area contributed by atoms with E-state index < -0.39 is 5.97 Å². The third-order valence-corrected chi connectivity index (χ3v) is 3.79. The fourth-order valence-electron chi connectivity index (χ4n) is 2.41. The Labute approximate surface area is 127 Å². The molecule has 0 fully saturated rings. The number of hydrogen-bond acceptors (Lipinski definition) is 3. The number of aromatic nitrogens is 2. The Morgan fingerprint density at radius 1 is 1.18 bits per heavy atom. The van der Waals surface area contributed by atoms with Gasteiger partial charge in [0, 0.05) is 18.0 Å². The molecule has 0 unspecified atom stereocenters. The molecule has 0 saturated heterocycles. The molecule has 1 aromatic carbocycles. The number of fused-ring (bicyclic) bond motifs is 1. The van der Waals surface area contributed by atoms with Crippen molar-refractivity contribution in [3.63, 3.8) is 0 Å². The van der Waals surface area contributed by atoms with Crippen molar-refractivity contribution in [1.82, 2.24) is 9.38 Å². The summed E-state index contributed by atoms with van der Waals surface area (Å²) in [6, 6.07) is 7.26. The van der Waals surface area contributed by atoms with Crippen LogP contribution in [0.1, 0.15) is 21.5 Å². The van der Waals surface area contributed by atoms with Crippen LogP contribution in [0.15, 0.2) is 36.7 Å². The van der Waals surface area contributed by atoms with Gasteiger partial charge in [0.15, 0.2) is 0 Å². The molecule has 0 radical (unpaired) electrons. The number of ether oxygens (including phenoxy) is 1. The maximum atomic E-state index is 11.1. The zero-order chi connectivity index (χ0) is 15.9. The predicted octanol–water partition coefficient (Wildman–Crippen LogP) is 3.32. The third-order valence-electron chi connectivity index (χ3n) is 3.79. The molecule has 2 heterocycles. The van der Waals surface area contributed by atoms with Crippen molar-refractivity contribution in [3.8, 4) is 17.0 Å². The lowest BCUT2D eigenvalue weighted by Gasteiger charge is -2.09. The second-order valence-electron chi connectivity index (χ2n) is 5.25. The van der Waals surface area contributed by atoms with Crippen LogP contribution in [0.25, 0.3) is 16.9 Å². The normalized spacial score (nSPS) is 10.9. The van der Waals surface area contributed by atoms with Gasteiger partial charge < -0.3 is 14.2 Å². The molecule has 3 rings (SSSR count). The molecular formula is C17H16N2O3. The second kappa shape index (κ2) is 5.18. The van der Waals surface area contributed by atoms with E-state index in [0.717, 1.165) is 28.1 Å². The molecule has 22 heavy (non-hydrogen) atoms. The van der Waals surface area contributed by atoms with E-state index in [4.69, 9.17) is 9.84 Å². The number of rotatable bonds is 3. The monoisotopic (exact) mass is 296 g/mol. The molecular weight excluding hydrogens is 280 g/mol. The average Bonchev–Trinajstić information content (AvgIpc) is 2.92. The van der Waals surface area contributed by atoms with E-state index in [1.165, 1.54) is 0 Å². The van der Waals surface area contributed by atoms with Crippen LogP contribution >= 0.6 is 0 Å². The first-order chi connectivity index (χ1) is 10.5. The average molecular weight is 296 g/mol. The first-order valence-corrected chi connectivity index (χ1v) is 6.87. The molecule has 0 amide bonds. The molecule has 0 aliphatic heterocycles. The van der Waals surface area contributed by atoms with Crippen LogP contribution in [0.2, 0.25) is 0 Å². The first-order valence-electron chi connectivity index (χ1n) is 6.87. The number of benzene rings is 1. The number of methoxy groups -OCH3 is 1. The van der Waals surface area contributed by atoms with Crippen molar-refractivity contribution in [2.45, 2.75) is 13.8 Å². The molecule has 5 nitrogen and oxygen atoms in total. The van der Waals surface area contributed by atoms with Gasteiger partial charge in [0.05, 0.1) is 18.4 Å². The number of aromatic carboxylic acids is 1. The summed E-state index contributed by atoms with van der Waals surface area (Å²) in [4.78, 5) is 15.6. The molecule has 5 heteroatoms. The Kier molecular flexibility index (Phi) is 3.33. The van der Waals surface area contributed by atoms with E-state index in [1.807, 2.05) is 32.2 Å². The van der Waals surface area contributed by atoms with Crippen LogP contribution in [0.4, 0.5) is 0 Å². The molecule has 2 aromatic heterocycles. The molecule has 0 saturated carbocycles. The number of nitrogens with zero attached hydrogens (tertiary/aromatic N) is 2. The Morgan fingerprint density at radius 2 is 1.91 bits per heavy atom. The van der Waals surface area contributed by atoms with Gasteiger partial charge in [-0.2, -0.15) is 0 Å². The van der Waals surface area contributed by atoms with Gasteiger partial charge in [-0.1, -0.05) is 0 Å². The highest BCUT2D eigenvalue weighted by molar-refractivity contribution is 5.87.